The van der Waals surface area contributed by atoms with Crippen molar-refractivity contribution >= 4 is 18.1 Å². The van der Waals surface area contributed by atoms with Crippen LogP contribution in [0.4, 0.5) is 14.5 Å². The van der Waals surface area contributed by atoms with Gasteiger partial charge in [-0.05, 0) is 30.5 Å². The van der Waals surface area contributed by atoms with Gasteiger partial charge in [0.05, 0.1) is 17.9 Å². The van der Waals surface area contributed by atoms with E-state index in [4.69, 9.17) is 0 Å². The molecule has 0 saturated heterocycles. The summed E-state index contributed by atoms with van der Waals surface area (Å²) in [5, 5.41) is 7.49. The number of anilines is 1. The summed E-state index contributed by atoms with van der Waals surface area (Å²) in [6.07, 6.45) is 8.60. The first kappa shape index (κ1) is 15.8. The largest absolute Gasteiger partial charge is 0.378 e. The van der Waals surface area contributed by atoms with Gasteiger partial charge in [-0.25, -0.2) is 8.78 Å². The predicted molar refractivity (Wildman–Crippen MR) is 80.7 cm³/mol. The van der Waals surface area contributed by atoms with Gasteiger partial charge in [-0.3, -0.25) is 4.68 Å². The van der Waals surface area contributed by atoms with Crippen LogP contribution < -0.4 is 5.32 Å². The number of aromatic nitrogens is 2. The van der Waals surface area contributed by atoms with Gasteiger partial charge in [0, 0.05) is 18.8 Å². The SMILES string of the molecule is Cl.Fc1cc(F)cc(CNc2cnn(C3CCCC3)c2)c1. The Bertz CT molecular complexity index is 574. The zero-order chi connectivity index (χ0) is 13.9. The molecule has 1 heterocycles. The molecule has 3 rings (SSSR count). The van der Waals surface area contributed by atoms with E-state index in [1.165, 1.54) is 37.8 Å². The summed E-state index contributed by atoms with van der Waals surface area (Å²) in [5.41, 5.74) is 1.46. The third-order valence-corrected chi connectivity index (χ3v) is 3.72. The van der Waals surface area contributed by atoms with E-state index >= 15 is 0 Å². The quantitative estimate of drug-likeness (QED) is 0.911. The molecule has 1 fully saturated rings. The first-order valence-electron chi connectivity index (χ1n) is 6.94. The van der Waals surface area contributed by atoms with Crippen molar-refractivity contribution < 1.29 is 8.78 Å². The minimum atomic E-state index is -0.552. The summed E-state index contributed by atoms with van der Waals surface area (Å²) in [6, 6.07) is 4.04. The van der Waals surface area contributed by atoms with Gasteiger partial charge >= 0.3 is 0 Å². The molecule has 114 valence electrons. The van der Waals surface area contributed by atoms with E-state index in [0.29, 0.717) is 18.2 Å². The Hall–Kier alpha value is -1.62. The molecule has 0 amide bonds. The van der Waals surface area contributed by atoms with Crippen LogP contribution in [0, 0.1) is 11.6 Å². The van der Waals surface area contributed by atoms with Gasteiger partial charge in [0.25, 0.3) is 0 Å². The molecule has 21 heavy (non-hydrogen) atoms. The lowest BCUT2D eigenvalue weighted by Gasteiger charge is -2.08. The van der Waals surface area contributed by atoms with Crippen LogP contribution in [0.25, 0.3) is 0 Å². The van der Waals surface area contributed by atoms with Crippen molar-refractivity contribution in [3.8, 4) is 0 Å². The van der Waals surface area contributed by atoms with Crippen LogP contribution in [0.1, 0.15) is 37.3 Å². The van der Waals surface area contributed by atoms with Gasteiger partial charge < -0.3 is 5.32 Å². The predicted octanol–water partition coefficient (Wildman–Crippen LogP) is 4.31. The molecule has 3 nitrogen and oxygen atoms in total. The van der Waals surface area contributed by atoms with Gasteiger partial charge in [-0.15, -0.1) is 12.4 Å². The van der Waals surface area contributed by atoms with Gasteiger partial charge in [0.1, 0.15) is 11.6 Å². The first-order chi connectivity index (χ1) is 9.70. The van der Waals surface area contributed by atoms with Crippen LogP contribution >= 0.6 is 12.4 Å². The number of rotatable bonds is 4. The topological polar surface area (TPSA) is 29.9 Å². The highest BCUT2D eigenvalue weighted by Crippen LogP contribution is 2.29. The Kier molecular flexibility index (Phi) is 5.17. The van der Waals surface area contributed by atoms with Crippen LogP contribution in [-0.4, -0.2) is 9.78 Å². The zero-order valence-corrected chi connectivity index (χ0v) is 12.4. The van der Waals surface area contributed by atoms with E-state index < -0.39 is 11.6 Å². The molecule has 0 atom stereocenters. The van der Waals surface area contributed by atoms with Crippen molar-refractivity contribution in [3.05, 3.63) is 47.8 Å². The molecule has 0 aliphatic heterocycles. The number of hydrogen-bond acceptors (Lipinski definition) is 2. The molecule has 0 spiro atoms. The summed E-state index contributed by atoms with van der Waals surface area (Å²) in [4.78, 5) is 0. The molecule has 6 heteroatoms. The van der Waals surface area contributed by atoms with Crippen molar-refractivity contribution in [2.45, 2.75) is 38.3 Å². The molecule has 1 aliphatic rings. The summed E-state index contributed by atoms with van der Waals surface area (Å²) in [5.74, 6) is -1.10. The molecule has 1 aromatic carbocycles. The summed E-state index contributed by atoms with van der Waals surface area (Å²) in [7, 11) is 0. The van der Waals surface area contributed by atoms with Crippen molar-refractivity contribution in [3.63, 3.8) is 0 Å². The molecule has 1 N–H and O–H groups in total. The number of nitrogens with zero attached hydrogens (tertiary/aromatic N) is 2. The Morgan fingerprint density at radius 1 is 1.14 bits per heavy atom. The Labute approximate surface area is 128 Å². The highest BCUT2D eigenvalue weighted by Gasteiger charge is 2.17. The molecule has 0 radical (unpaired) electrons. The molecular weight excluding hydrogens is 296 g/mol. The highest BCUT2D eigenvalue weighted by molar-refractivity contribution is 5.85. The highest BCUT2D eigenvalue weighted by atomic mass is 35.5. The van der Waals surface area contributed by atoms with E-state index in [1.54, 1.807) is 6.20 Å². The third-order valence-electron chi connectivity index (χ3n) is 3.72. The van der Waals surface area contributed by atoms with Crippen molar-refractivity contribution in [1.82, 2.24) is 9.78 Å². The summed E-state index contributed by atoms with van der Waals surface area (Å²) >= 11 is 0. The zero-order valence-electron chi connectivity index (χ0n) is 11.6. The van der Waals surface area contributed by atoms with E-state index in [0.717, 1.165) is 11.8 Å². The van der Waals surface area contributed by atoms with E-state index in [-0.39, 0.29) is 12.4 Å². The molecule has 0 unspecified atom stereocenters. The maximum Gasteiger partial charge on any atom is 0.126 e. The standard InChI is InChI=1S/C15H17F2N3.ClH/c16-12-5-11(6-13(17)7-12)8-18-14-9-19-20(10-14)15-3-1-2-4-15;/h5-7,9-10,15,18H,1-4,8H2;1H. The number of halogens is 3. The van der Waals surface area contributed by atoms with Gasteiger partial charge in [-0.2, -0.15) is 5.10 Å². The van der Waals surface area contributed by atoms with Crippen LogP contribution in [0.3, 0.4) is 0 Å². The van der Waals surface area contributed by atoms with Crippen LogP contribution in [0.2, 0.25) is 0 Å². The number of benzene rings is 1. The lowest BCUT2D eigenvalue weighted by atomic mass is 10.2. The summed E-state index contributed by atoms with van der Waals surface area (Å²) < 4.78 is 28.1. The lowest BCUT2D eigenvalue weighted by molar-refractivity contribution is 0.467. The van der Waals surface area contributed by atoms with E-state index in [9.17, 15) is 8.78 Å². The van der Waals surface area contributed by atoms with Crippen molar-refractivity contribution in [2.75, 3.05) is 5.32 Å². The molecule has 1 saturated carbocycles. The molecule has 2 aromatic rings. The minimum Gasteiger partial charge on any atom is -0.378 e. The molecule has 0 bridgehead atoms. The molecule has 1 aromatic heterocycles. The van der Waals surface area contributed by atoms with E-state index in [2.05, 4.69) is 10.4 Å². The second-order valence-corrected chi connectivity index (χ2v) is 5.28. The third kappa shape index (κ3) is 3.94. The second-order valence-electron chi connectivity index (χ2n) is 5.28. The normalized spacial score (nSPS) is 15.0. The van der Waals surface area contributed by atoms with Gasteiger partial charge in [0.2, 0.25) is 0 Å². The van der Waals surface area contributed by atoms with Crippen LogP contribution in [0.15, 0.2) is 30.6 Å². The minimum absolute atomic E-state index is 0. The first-order valence-corrected chi connectivity index (χ1v) is 6.94. The lowest BCUT2D eigenvalue weighted by Crippen LogP contribution is -2.04. The van der Waals surface area contributed by atoms with Gasteiger partial charge in [-0.1, -0.05) is 12.8 Å². The van der Waals surface area contributed by atoms with Crippen molar-refractivity contribution in [2.24, 2.45) is 0 Å². The monoisotopic (exact) mass is 313 g/mol. The smallest absolute Gasteiger partial charge is 0.126 e. The Balaban J connectivity index is 0.00000161. The average Bonchev–Trinajstić information content (AvgIpc) is 3.06. The number of hydrogen-bond donors (Lipinski definition) is 1. The van der Waals surface area contributed by atoms with Crippen LogP contribution in [0.5, 0.6) is 0 Å². The maximum absolute atomic E-state index is 13.1. The fraction of sp³-hybridized carbons (Fsp3) is 0.400. The summed E-state index contributed by atoms with van der Waals surface area (Å²) in [6.45, 7) is 0.380. The maximum atomic E-state index is 13.1. The van der Waals surface area contributed by atoms with Crippen molar-refractivity contribution in [1.29, 1.82) is 0 Å². The molecular formula is C15H18ClF2N3. The second kappa shape index (κ2) is 6.89. The Morgan fingerprint density at radius 2 is 1.81 bits per heavy atom. The molecule has 1 aliphatic carbocycles. The van der Waals surface area contributed by atoms with E-state index in [1.807, 2.05) is 10.9 Å². The van der Waals surface area contributed by atoms with Crippen LogP contribution in [-0.2, 0) is 6.54 Å². The van der Waals surface area contributed by atoms with Gasteiger partial charge in [0.15, 0.2) is 0 Å². The fourth-order valence-electron chi connectivity index (χ4n) is 2.71. The number of nitrogens with one attached hydrogen (secondary N) is 1. The average molecular weight is 314 g/mol. The fourth-order valence-corrected chi connectivity index (χ4v) is 2.71. The Morgan fingerprint density at radius 3 is 2.48 bits per heavy atom.